The van der Waals surface area contributed by atoms with Crippen LogP contribution in [0.1, 0.15) is 56.9 Å². The normalized spacial score (nSPS) is 18.4. The SMILES string of the molecule is O=C1CCc2cc(OCCCCC(=O)N(CCCO)CC3CCCCO3)ccc2N1. The van der Waals surface area contributed by atoms with Gasteiger partial charge in [-0.3, -0.25) is 9.59 Å². The van der Waals surface area contributed by atoms with Gasteiger partial charge >= 0.3 is 0 Å². The highest BCUT2D eigenvalue weighted by Crippen LogP contribution is 2.27. The van der Waals surface area contributed by atoms with Gasteiger partial charge in [0.2, 0.25) is 11.8 Å². The van der Waals surface area contributed by atoms with E-state index in [0.29, 0.717) is 39.0 Å². The molecule has 3 rings (SSSR count). The average molecular weight is 419 g/mol. The van der Waals surface area contributed by atoms with E-state index in [0.717, 1.165) is 62.1 Å². The molecule has 2 aliphatic heterocycles. The van der Waals surface area contributed by atoms with Gasteiger partial charge in [-0.2, -0.15) is 0 Å². The molecule has 2 heterocycles. The molecule has 0 radical (unpaired) electrons. The van der Waals surface area contributed by atoms with Gasteiger partial charge in [0.05, 0.1) is 12.7 Å². The quantitative estimate of drug-likeness (QED) is 0.540. The van der Waals surface area contributed by atoms with Gasteiger partial charge in [-0.25, -0.2) is 0 Å². The van der Waals surface area contributed by atoms with Crippen molar-refractivity contribution in [3.8, 4) is 5.75 Å². The number of rotatable bonds is 11. The molecule has 1 unspecified atom stereocenters. The van der Waals surface area contributed by atoms with E-state index in [9.17, 15) is 9.59 Å². The molecular formula is C23H34N2O5. The van der Waals surface area contributed by atoms with Crippen molar-refractivity contribution in [2.24, 2.45) is 0 Å². The highest BCUT2D eigenvalue weighted by molar-refractivity contribution is 5.94. The van der Waals surface area contributed by atoms with E-state index < -0.39 is 0 Å². The predicted octanol–water partition coefficient (Wildman–Crippen LogP) is 2.90. The smallest absolute Gasteiger partial charge is 0.224 e. The molecule has 2 aliphatic rings. The summed E-state index contributed by atoms with van der Waals surface area (Å²) in [5.74, 6) is 0.987. The number of hydrogen-bond acceptors (Lipinski definition) is 5. The Hall–Kier alpha value is -2.12. The van der Waals surface area contributed by atoms with Crippen LogP contribution in [0.15, 0.2) is 18.2 Å². The van der Waals surface area contributed by atoms with E-state index in [4.69, 9.17) is 14.6 Å². The number of unbranched alkanes of at least 4 members (excludes halogenated alkanes) is 1. The molecule has 2 amide bonds. The summed E-state index contributed by atoms with van der Waals surface area (Å²) in [7, 11) is 0. The maximum Gasteiger partial charge on any atom is 0.224 e. The van der Waals surface area contributed by atoms with Gasteiger partial charge in [0.15, 0.2) is 0 Å². The first-order chi connectivity index (χ1) is 14.7. The number of ether oxygens (including phenoxy) is 2. The summed E-state index contributed by atoms with van der Waals surface area (Å²) in [6.45, 7) is 2.63. The van der Waals surface area contributed by atoms with Crippen molar-refractivity contribution in [3.05, 3.63) is 23.8 Å². The number of hydrogen-bond donors (Lipinski definition) is 2. The number of fused-ring (bicyclic) bond motifs is 1. The van der Waals surface area contributed by atoms with Crippen LogP contribution in [0.4, 0.5) is 5.69 Å². The number of nitrogens with zero attached hydrogens (tertiary/aromatic N) is 1. The third-order valence-electron chi connectivity index (χ3n) is 5.66. The zero-order valence-electron chi connectivity index (χ0n) is 17.7. The van der Waals surface area contributed by atoms with E-state index in [2.05, 4.69) is 5.32 Å². The lowest BCUT2D eigenvalue weighted by Gasteiger charge is -2.30. The summed E-state index contributed by atoms with van der Waals surface area (Å²) in [5.41, 5.74) is 1.97. The fourth-order valence-electron chi connectivity index (χ4n) is 3.95. The molecule has 0 spiro atoms. The van der Waals surface area contributed by atoms with Crippen molar-refractivity contribution < 1.29 is 24.2 Å². The van der Waals surface area contributed by atoms with Crippen molar-refractivity contribution in [2.45, 2.75) is 63.9 Å². The minimum atomic E-state index is 0.0592. The third kappa shape index (κ3) is 6.99. The van der Waals surface area contributed by atoms with Crippen LogP contribution in [0, 0.1) is 0 Å². The molecule has 1 aromatic rings. The summed E-state index contributed by atoms with van der Waals surface area (Å²) in [6, 6.07) is 5.74. The van der Waals surface area contributed by atoms with Gasteiger partial charge in [-0.05, 0) is 68.7 Å². The second-order valence-electron chi connectivity index (χ2n) is 8.08. The van der Waals surface area contributed by atoms with Crippen molar-refractivity contribution in [3.63, 3.8) is 0 Å². The zero-order valence-corrected chi connectivity index (χ0v) is 17.7. The van der Waals surface area contributed by atoms with Crippen LogP contribution in [0.2, 0.25) is 0 Å². The monoisotopic (exact) mass is 418 g/mol. The topological polar surface area (TPSA) is 88.1 Å². The van der Waals surface area contributed by atoms with Crippen LogP contribution in [0.5, 0.6) is 5.75 Å². The number of aryl methyl sites for hydroxylation is 1. The Labute approximate surface area is 178 Å². The molecule has 1 fully saturated rings. The van der Waals surface area contributed by atoms with E-state index in [-0.39, 0.29) is 24.5 Å². The molecule has 7 nitrogen and oxygen atoms in total. The first kappa shape index (κ1) is 22.6. The lowest BCUT2D eigenvalue weighted by atomic mass is 10.0. The Balaban J connectivity index is 1.37. The number of carbonyl (C=O) groups is 2. The summed E-state index contributed by atoms with van der Waals surface area (Å²) in [5, 5.41) is 12.0. The Morgan fingerprint density at radius 3 is 2.93 bits per heavy atom. The molecule has 0 bridgehead atoms. The van der Waals surface area contributed by atoms with Crippen LogP contribution in [0.25, 0.3) is 0 Å². The number of benzene rings is 1. The standard InChI is InChI=1S/C23H34N2O5/c26-13-5-12-25(17-20-6-1-3-15-30-20)23(28)7-2-4-14-29-19-9-10-21-18(16-19)8-11-22(27)24-21/h9-10,16,20,26H,1-8,11-15,17H2,(H,24,27). The van der Waals surface area contributed by atoms with Gasteiger partial charge in [-0.1, -0.05) is 0 Å². The van der Waals surface area contributed by atoms with E-state index in [1.807, 2.05) is 23.1 Å². The Morgan fingerprint density at radius 2 is 2.13 bits per heavy atom. The average Bonchev–Trinajstić information content (AvgIpc) is 2.77. The Kier molecular flexibility index (Phi) is 8.96. The molecule has 30 heavy (non-hydrogen) atoms. The summed E-state index contributed by atoms with van der Waals surface area (Å²) in [6.07, 6.45) is 7.27. The minimum Gasteiger partial charge on any atom is -0.494 e. The number of aliphatic hydroxyl groups excluding tert-OH is 1. The molecule has 0 aliphatic carbocycles. The van der Waals surface area contributed by atoms with Crippen molar-refractivity contribution >= 4 is 17.5 Å². The molecule has 1 atom stereocenters. The van der Waals surface area contributed by atoms with E-state index >= 15 is 0 Å². The number of aliphatic hydroxyl groups is 1. The summed E-state index contributed by atoms with van der Waals surface area (Å²) in [4.78, 5) is 25.9. The second kappa shape index (κ2) is 11.9. The fraction of sp³-hybridized carbons (Fsp3) is 0.652. The zero-order chi connectivity index (χ0) is 21.2. The summed E-state index contributed by atoms with van der Waals surface area (Å²) < 4.78 is 11.6. The van der Waals surface area contributed by atoms with Gasteiger partial charge in [-0.15, -0.1) is 0 Å². The highest BCUT2D eigenvalue weighted by Gasteiger charge is 2.21. The lowest BCUT2D eigenvalue weighted by Crippen LogP contribution is -2.40. The third-order valence-corrected chi connectivity index (χ3v) is 5.66. The van der Waals surface area contributed by atoms with Gasteiger partial charge in [0.25, 0.3) is 0 Å². The first-order valence-electron chi connectivity index (χ1n) is 11.2. The molecule has 2 N–H and O–H groups in total. The Bertz CT molecular complexity index is 703. The minimum absolute atomic E-state index is 0.0592. The van der Waals surface area contributed by atoms with E-state index in [1.165, 1.54) is 0 Å². The van der Waals surface area contributed by atoms with E-state index in [1.54, 1.807) is 0 Å². The fourth-order valence-corrected chi connectivity index (χ4v) is 3.95. The molecule has 0 saturated carbocycles. The maximum atomic E-state index is 12.7. The highest BCUT2D eigenvalue weighted by atomic mass is 16.5. The van der Waals surface area contributed by atoms with Gasteiger partial charge < -0.3 is 24.8 Å². The number of amides is 2. The molecule has 1 saturated heterocycles. The molecular weight excluding hydrogens is 384 g/mol. The van der Waals surface area contributed by atoms with Crippen LogP contribution in [-0.4, -0.2) is 60.8 Å². The molecule has 1 aromatic carbocycles. The van der Waals surface area contributed by atoms with Crippen LogP contribution < -0.4 is 10.1 Å². The number of carbonyl (C=O) groups excluding carboxylic acids is 2. The van der Waals surface area contributed by atoms with Crippen LogP contribution in [0.3, 0.4) is 0 Å². The van der Waals surface area contributed by atoms with Crippen LogP contribution in [-0.2, 0) is 20.7 Å². The lowest BCUT2D eigenvalue weighted by molar-refractivity contribution is -0.134. The summed E-state index contributed by atoms with van der Waals surface area (Å²) >= 11 is 0. The first-order valence-corrected chi connectivity index (χ1v) is 11.2. The predicted molar refractivity (Wildman–Crippen MR) is 115 cm³/mol. The number of anilines is 1. The largest absolute Gasteiger partial charge is 0.494 e. The van der Waals surface area contributed by atoms with Crippen molar-refractivity contribution in [1.29, 1.82) is 0 Å². The van der Waals surface area contributed by atoms with Gasteiger partial charge in [0.1, 0.15) is 5.75 Å². The van der Waals surface area contributed by atoms with Gasteiger partial charge in [0, 0.05) is 44.8 Å². The number of nitrogens with one attached hydrogen (secondary N) is 1. The van der Waals surface area contributed by atoms with Crippen molar-refractivity contribution in [1.82, 2.24) is 4.90 Å². The Morgan fingerprint density at radius 1 is 1.23 bits per heavy atom. The molecule has 7 heteroatoms. The maximum absolute atomic E-state index is 12.7. The van der Waals surface area contributed by atoms with Crippen LogP contribution >= 0.6 is 0 Å². The molecule has 0 aromatic heterocycles. The second-order valence-corrected chi connectivity index (χ2v) is 8.08. The van der Waals surface area contributed by atoms with Crippen molar-refractivity contribution in [2.75, 3.05) is 38.2 Å². The molecule has 166 valence electrons.